The average Bonchev–Trinajstić information content (AvgIpc) is 2.57. The Kier molecular flexibility index (Phi) is 5.84. The monoisotopic (exact) mass is 341 g/mol. The fraction of sp³-hybridized carbons (Fsp3) is 0.222. The number of amides is 2. The Morgan fingerprint density at radius 1 is 1.12 bits per heavy atom. The fourth-order valence-electron chi connectivity index (χ4n) is 2.28. The SMILES string of the molecule is Cc1ccc(NC(=O)CN(C)C(=O)Cc2ccccc2[N+](=O)[O-])cc1. The summed E-state index contributed by atoms with van der Waals surface area (Å²) in [4.78, 5) is 36.0. The van der Waals surface area contributed by atoms with Gasteiger partial charge in [-0.15, -0.1) is 0 Å². The molecule has 0 aliphatic heterocycles. The summed E-state index contributed by atoms with van der Waals surface area (Å²) in [6.07, 6.45) is -0.133. The zero-order valence-electron chi connectivity index (χ0n) is 14.1. The highest BCUT2D eigenvalue weighted by Gasteiger charge is 2.19. The van der Waals surface area contributed by atoms with Gasteiger partial charge >= 0.3 is 0 Å². The van der Waals surface area contributed by atoms with Gasteiger partial charge in [0.1, 0.15) is 0 Å². The van der Waals surface area contributed by atoms with Gasteiger partial charge in [0.05, 0.1) is 17.9 Å². The number of anilines is 1. The third-order valence-electron chi connectivity index (χ3n) is 3.67. The molecule has 0 saturated heterocycles. The van der Waals surface area contributed by atoms with Crippen LogP contribution in [0.1, 0.15) is 11.1 Å². The normalized spacial score (nSPS) is 10.2. The van der Waals surface area contributed by atoms with E-state index < -0.39 is 4.92 Å². The summed E-state index contributed by atoms with van der Waals surface area (Å²) in [5.41, 5.74) is 1.95. The molecule has 7 heteroatoms. The second-order valence-corrected chi connectivity index (χ2v) is 5.73. The van der Waals surface area contributed by atoms with Crippen molar-refractivity contribution in [1.82, 2.24) is 4.90 Å². The second-order valence-electron chi connectivity index (χ2n) is 5.73. The number of likely N-dealkylation sites (N-methyl/N-ethyl adjacent to an activating group) is 1. The van der Waals surface area contributed by atoms with Crippen molar-refractivity contribution in [2.24, 2.45) is 0 Å². The van der Waals surface area contributed by atoms with Gasteiger partial charge in [0.15, 0.2) is 0 Å². The molecular formula is C18H19N3O4. The summed E-state index contributed by atoms with van der Waals surface area (Å²) < 4.78 is 0. The number of benzene rings is 2. The molecule has 0 radical (unpaired) electrons. The highest BCUT2D eigenvalue weighted by Crippen LogP contribution is 2.18. The van der Waals surface area contributed by atoms with E-state index in [4.69, 9.17) is 0 Å². The molecule has 0 aliphatic rings. The van der Waals surface area contributed by atoms with Crippen LogP contribution in [0.4, 0.5) is 11.4 Å². The van der Waals surface area contributed by atoms with Gasteiger partial charge < -0.3 is 10.2 Å². The van der Waals surface area contributed by atoms with Crippen molar-refractivity contribution in [3.63, 3.8) is 0 Å². The molecule has 7 nitrogen and oxygen atoms in total. The lowest BCUT2D eigenvalue weighted by Gasteiger charge is -2.17. The Labute approximate surface area is 145 Å². The van der Waals surface area contributed by atoms with Crippen molar-refractivity contribution in [1.29, 1.82) is 0 Å². The van der Waals surface area contributed by atoms with Crippen LogP contribution in [0.2, 0.25) is 0 Å². The van der Waals surface area contributed by atoms with E-state index in [0.717, 1.165) is 5.56 Å². The first-order chi connectivity index (χ1) is 11.9. The second kappa shape index (κ2) is 8.05. The van der Waals surface area contributed by atoms with E-state index in [9.17, 15) is 19.7 Å². The maximum absolute atomic E-state index is 12.2. The van der Waals surface area contributed by atoms with Gasteiger partial charge in [0, 0.05) is 24.4 Å². The summed E-state index contributed by atoms with van der Waals surface area (Å²) in [6, 6.07) is 13.4. The molecule has 0 atom stereocenters. The molecule has 2 aromatic rings. The van der Waals surface area contributed by atoms with Crippen LogP contribution in [0.15, 0.2) is 48.5 Å². The topological polar surface area (TPSA) is 92.6 Å². The molecule has 0 heterocycles. The van der Waals surface area contributed by atoms with Crippen molar-refractivity contribution in [3.05, 3.63) is 69.8 Å². The molecule has 130 valence electrons. The van der Waals surface area contributed by atoms with Crippen molar-refractivity contribution in [2.45, 2.75) is 13.3 Å². The van der Waals surface area contributed by atoms with Gasteiger partial charge in [-0.3, -0.25) is 19.7 Å². The lowest BCUT2D eigenvalue weighted by molar-refractivity contribution is -0.385. The smallest absolute Gasteiger partial charge is 0.273 e. The molecule has 0 spiro atoms. The minimum absolute atomic E-state index is 0.103. The van der Waals surface area contributed by atoms with Crippen molar-refractivity contribution >= 4 is 23.2 Å². The van der Waals surface area contributed by atoms with E-state index in [-0.39, 0.29) is 30.5 Å². The predicted molar refractivity (Wildman–Crippen MR) is 94.2 cm³/mol. The first-order valence-electron chi connectivity index (χ1n) is 7.69. The van der Waals surface area contributed by atoms with E-state index >= 15 is 0 Å². The molecule has 0 bridgehead atoms. The molecule has 2 amide bonds. The van der Waals surface area contributed by atoms with Crippen LogP contribution in [0.3, 0.4) is 0 Å². The number of carbonyl (C=O) groups excluding carboxylic acids is 2. The minimum Gasteiger partial charge on any atom is -0.336 e. The molecule has 0 aliphatic carbocycles. The summed E-state index contributed by atoms with van der Waals surface area (Å²) in [5.74, 6) is -0.698. The first kappa shape index (κ1) is 18.1. The number of hydrogen-bond donors (Lipinski definition) is 1. The van der Waals surface area contributed by atoms with Crippen LogP contribution in [-0.4, -0.2) is 35.2 Å². The molecule has 1 N–H and O–H groups in total. The van der Waals surface area contributed by atoms with Crippen LogP contribution >= 0.6 is 0 Å². The zero-order chi connectivity index (χ0) is 18.4. The van der Waals surface area contributed by atoms with Gasteiger partial charge in [-0.2, -0.15) is 0 Å². The quantitative estimate of drug-likeness (QED) is 0.645. The van der Waals surface area contributed by atoms with Crippen molar-refractivity contribution in [3.8, 4) is 0 Å². The fourth-order valence-corrected chi connectivity index (χ4v) is 2.28. The molecule has 25 heavy (non-hydrogen) atoms. The molecule has 2 rings (SSSR count). The molecule has 2 aromatic carbocycles. The zero-order valence-corrected chi connectivity index (χ0v) is 14.1. The van der Waals surface area contributed by atoms with Gasteiger partial charge in [0.2, 0.25) is 11.8 Å². The maximum atomic E-state index is 12.2. The number of para-hydroxylation sites is 1. The summed E-state index contributed by atoms with van der Waals surface area (Å²) in [7, 11) is 1.49. The van der Waals surface area contributed by atoms with Crippen LogP contribution in [0, 0.1) is 17.0 Å². The largest absolute Gasteiger partial charge is 0.336 e. The van der Waals surface area contributed by atoms with E-state index in [1.54, 1.807) is 24.3 Å². The minimum atomic E-state index is -0.521. The highest BCUT2D eigenvalue weighted by molar-refractivity contribution is 5.94. The van der Waals surface area contributed by atoms with Crippen LogP contribution in [0.25, 0.3) is 0 Å². The lowest BCUT2D eigenvalue weighted by Crippen LogP contribution is -2.35. The van der Waals surface area contributed by atoms with Crippen LogP contribution in [0.5, 0.6) is 0 Å². The molecular weight excluding hydrogens is 322 g/mol. The molecule has 0 unspecified atom stereocenters. The standard InChI is InChI=1S/C18H19N3O4/c1-13-7-9-15(10-8-13)19-17(22)12-20(2)18(23)11-14-5-3-4-6-16(14)21(24)25/h3-10H,11-12H2,1-2H3,(H,19,22). The Balaban J connectivity index is 1.95. The number of nitrogens with one attached hydrogen (secondary N) is 1. The third-order valence-corrected chi connectivity index (χ3v) is 3.67. The van der Waals surface area contributed by atoms with Crippen molar-refractivity contribution < 1.29 is 14.5 Å². The number of nitro benzene ring substituents is 1. The third kappa shape index (κ3) is 5.13. The highest BCUT2D eigenvalue weighted by atomic mass is 16.6. The van der Waals surface area contributed by atoms with E-state index in [1.807, 2.05) is 19.1 Å². The maximum Gasteiger partial charge on any atom is 0.273 e. The summed E-state index contributed by atoms with van der Waals surface area (Å²) in [5, 5.41) is 13.7. The number of aryl methyl sites for hydroxylation is 1. The van der Waals surface area contributed by atoms with E-state index in [0.29, 0.717) is 11.3 Å². The lowest BCUT2D eigenvalue weighted by atomic mass is 10.1. The number of hydrogen-bond acceptors (Lipinski definition) is 4. The summed E-state index contributed by atoms with van der Waals surface area (Å²) in [6.45, 7) is 1.81. The Bertz CT molecular complexity index is 787. The first-order valence-corrected chi connectivity index (χ1v) is 7.69. The number of rotatable bonds is 6. The van der Waals surface area contributed by atoms with Gasteiger partial charge in [-0.05, 0) is 19.1 Å². The Morgan fingerprint density at radius 3 is 2.40 bits per heavy atom. The Morgan fingerprint density at radius 2 is 1.76 bits per heavy atom. The predicted octanol–water partition coefficient (Wildman–Crippen LogP) is 2.54. The van der Waals surface area contributed by atoms with Gasteiger partial charge in [0.25, 0.3) is 5.69 Å². The molecule has 0 aromatic heterocycles. The average molecular weight is 341 g/mol. The van der Waals surface area contributed by atoms with Gasteiger partial charge in [-0.1, -0.05) is 35.9 Å². The van der Waals surface area contributed by atoms with E-state index in [2.05, 4.69) is 5.32 Å². The summed E-state index contributed by atoms with van der Waals surface area (Å²) >= 11 is 0. The van der Waals surface area contributed by atoms with Crippen molar-refractivity contribution in [2.75, 3.05) is 18.9 Å². The Hall–Kier alpha value is -3.22. The number of carbonyl (C=O) groups is 2. The van der Waals surface area contributed by atoms with Crippen LogP contribution < -0.4 is 5.32 Å². The van der Waals surface area contributed by atoms with Crippen LogP contribution in [-0.2, 0) is 16.0 Å². The number of nitro groups is 1. The van der Waals surface area contributed by atoms with Gasteiger partial charge in [-0.25, -0.2) is 0 Å². The number of nitrogens with zero attached hydrogens (tertiary/aromatic N) is 2. The van der Waals surface area contributed by atoms with E-state index in [1.165, 1.54) is 24.1 Å². The molecule has 0 saturated carbocycles. The molecule has 0 fully saturated rings.